The van der Waals surface area contributed by atoms with Crippen LogP contribution >= 0.6 is 0 Å². The van der Waals surface area contributed by atoms with Gasteiger partial charge in [-0.2, -0.15) is 0 Å². The van der Waals surface area contributed by atoms with Crippen LogP contribution in [0.25, 0.3) is 0 Å². The first-order chi connectivity index (χ1) is 22.0. The first-order valence-corrected chi connectivity index (χ1v) is 16.6. The zero-order chi connectivity index (χ0) is 33.3. The van der Waals surface area contributed by atoms with Crippen LogP contribution in [0.15, 0.2) is 108 Å². The molecule has 0 saturated heterocycles. The molecule has 2 atom stereocenters. The van der Waals surface area contributed by atoms with Crippen molar-refractivity contribution < 1.29 is 27.1 Å². The monoisotopic (exact) mass is 645 g/mol. The minimum atomic E-state index is -4.27. The summed E-state index contributed by atoms with van der Waals surface area (Å²) in [4.78, 5) is 29.6. The number of amides is 2. The molecule has 0 fully saturated rings. The Hall–Kier alpha value is -4.70. The van der Waals surface area contributed by atoms with Crippen LogP contribution in [-0.2, 0) is 32.6 Å². The van der Waals surface area contributed by atoms with Gasteiger partial charge in [-0.05, 0) is 68.3 Å². The molecule has 0 aliphatic carbocycles. The fourth-order valence-electron chi connectivity index (χ4n) is 4.92. The molecule has 0 spiro atoms. The summed E-state index contributed by atoms with van der Waals surface area (Å²) in [5.74, 6) is -1.14. The van der Waals surface area contributed by atoms with Crippen molar-refractivity contribution in [3.63, 3.8) is 0 Å². The van der Waals surface area contributed by atoms with Crippen LogP contribution in [-0.4, -0.2) is 50.9 Å². The Kier molecular flexibility index (Phi) is 11.5. The van der Waals surface area contributed by atoms with Gasteiger partial charge >= 0.3 is 0 Å². The summed E-state index contributed by atoms with van der Waals surface area (Å²) < 4.78 is 49.6. The molecule has 1 N–H and O–H groups in total. The average molecular weight is 646 g/mol. The van der Waals surface area contributed by atoms with Gasteiger partial charge in [-0.3, -0.25) is 13.9 Å². The molecule has 4 rings (SSSR count). The molecule has 0 aliphatic rings. The Balaban J connectivity index is 1.81. The minimum Gasteiger partial charge on any atom is -0.497 e. The molecule has 0 unspecified atom stereocenters. The van der Waals surface area contributed by atoms with Crippen LogP contribution in [0.3, 0.4) is 0 Å². The maximum Gasteiger partial charge on any atom is 0.264 e. The van der Waals surface area contributed by atoms with E-state index in [9.17, 15) is 18.0 Å². The number of aryl methyl sites for hydroxylation is 1. The number of carbonyl (C=O) groups excluding carboxylic acids is 2. The van der Waals surface area contributed by atoms with E-state index in [1.807, 2.05) is 51.1 Å². The second-order valence-corrected chi connectivity index (χ2v) is 13.0. The third-order valence-electron chi connectivity index (χ3n) is 7.82. The van der Waals surface area contributed by atoms with E-state index < -0.39 is 40.2 Å². The molecule has 0 aliphatic heterocycles. The summed E-state index contributed by atoms with van der Waals surface area (Å²) in [6.45, 7) is 4.79. The third kappa shape index (κ3) is 8.51. The van der Waals surface area contributed by atoms with Crippen molar-refractivity contribution in [3.05, 3.63) is 126 Å². The number of ether oxygens (including phenoxy) is 1. The maximum atomic E-state index is 15.1. The molecule has 46 heavy (non-hydrogen) atoms. The maximum absolute atomic E-state index is 15.1. The number of halogens is 1. The number of hydrogen-bond acceptors (Lipinski definition) is 5. The normalized spacial score (nSPS) is 12.5. The summed E-state index contributed by atoms with van der Waals surface area (Å²) in [6, 6.07) is 26.7. The van der Waals surface area contributed by atoms with Crippen molar-refractivity contribution in [1.29, 1.82) is 0 Å². The van der Waals surface area contributed by atoms with Gasteiger partial charge in [0.1, 0.15) is 24.2 Å². The highest BCUT2D eigenvalue weighted by Gasteiger charge is 2.35. The lowest BCUT2D eigenvalue weighted by Gasteiger charge is -2.34. The predicted molar refractivity (Wildman–Crippen MR) is 177 cm³/mol. The first kappa shape index (κ1) is 34.2. The molecule has 2 amide bonds. The van der Waals surface area contributed by atoms with Gasteiger partial charge in [-0.25, -0.2) is 12.8 Å². The lowest BCUT2D eigenvalue weighted by molar-refractivity contribution is -0.140. The van der Waals surface area contributed by atoms with Crippen LogP contribution in [0.1, 0.15) is 37.0 Å². The van der Waals surface area contributed by atoms with E-state index >= 15 is 4.39 Å². The second kappa shape index (κ2) is 15.5. The molecular weight excluding hydrogens is 605 g/mol. The zero-order valence-corrected chi connectivity index (χ0v) is 27.3. The molecule has 4 aromatic carbocycles. The summed E-state index contributed by atoms with van der Waals surface area (Å²) in [5, 5.41) is 2.97. The van der Waals surface area contributed by atoms with E-state index in [1.54, 1.807) is 42.5 Å². The molecule has 4 aromatic rings. The van der Waals surface area contributed by atoms with Crippen LogP contribution < -0.4 is 14.4 Å². The van der Waals surface area contributed by atoms with E-state index in [0.29, 0.717) is 12.2 Å². The number of carbonyl (C=O) groups is 2. The quantitative estimate of drug-likeness (QED) is 0.185. The van der Waals surface area contributed by atoms with Crippen molar-refractivity contribution in [3.8, 4) is 5.75 Å². The van der Waals surface area contributed by atoms with Crippen LogP contribution in [0.2, 0.25) is 0 Å². The Morgan fingerprint density at radius 3 is 2.13 bits per heavy atom. The number of nitrogens with zero attached hydrogens (tertiary/aromatic N) is 2. The zero-order valence-electron chi connectivity index (χ0n) is 26.5. The predicted octanol–water partition coefficient (Wildman–Crippen LogP) is 5.89. The molecule has 0 saturated carbocycles. The minimum absolute atomic E-state index is 0.0438. The number of anilines is 1. The summed E-state index contributed by atoms with van der Waals surface area (Å²) in [6.07, 6.45) is 0.797. The average Bonchev–Trinajstić information content (AvgIpc) is 3.06. The van der Waals surface area contributed by atoms with Crippen LogP contribution in [0.5, 0.6) is 5.75 Å². The number of nitrogens with one attached hydrogen (secondary N) is 1. The van der Waals surface area contributed by atoms with Gasteiger partial charge < -0.3 is 15.0 Å². The molecule has 0 radical (unpaired) electrons. The molecule has 0 heterocycles. The van der Waals surface area contributed by atoms with E-state index in [0.717, 1.165) is 15.4 Å². The van der Waals surface area contributed by atoms with Gasteiger partial charge in [0, 0.05) is 24.6 Å². The molecule has 242 valence electrons. The number of methoxy groups -OCH3 is 1. The van der Waals surface area contributed by atoms with Gasteiger partial charge in [0.15, 0.2) is 0 Å². The molecule has 0 aromatic heterocycles. The molecule has 0 bridgehead atoms. The summed E-state index contributed by atoms with van der Waals surface area (Å²) >= 11 is 0. The standard InChI is InChI=1S/C36H40FN3O5S/c1-5-27(3)38-36(42)34(23-28-11-7-6-8-12-28)39(24-29-13-9-10-14-33(29)37)35(41)25-40(30-17-15-26(2)16-18-30)46(43,44)32-21-19-31(45-4)20-22-32/h6-22,27,34H,5,23-25H2,1-4H3,(H,38,42)/t27-,34+/m1/s1. The topological polar surface area (TPSA) is 96.0 Å². The smallest absolute Gasteiger partial charge is 0.264 e. The number of sulfonamides is 1. The van der Waals surface area contributed by atoms with Crippen molar-refractivity contribution in [2.75, 3.05) is 18.0 Å². The highest BCUT2D eigenvalue weighted by molar-refractivity contribution is 7.92. The third-order valence-corrected chi connectivity index (χ3v) is 9.61. The fourth-order valence-corrected chi connectivity index (χ4v) is 6.33. The van der Waals surface area contributed by atoms with E-state index in [-0.39, 0.29) is 35.2 Å². The van der Waals surface area contributed by atoms with Gasteiger partial charge in [-0.15, -0.1) is 0 Å². The summed E-state index contributed by atoms with van der Waals surface area (Å²) in [7, 11) is -2.79. The van der Waals surface area contributed by atoms with Gasteiger partial charge in [0.2, 0.25) is 11.8 Å². The van der Waals surface area contributed by atoms with Crippen molar-refractivity contribution in [2.45, 2.75) is 57.1 Å². The Morgan fingerprint density at radius 1 is 0.891 bits per heavy atom. The molecule has 8 nitrogen and oxygen atoms in total. The van der Waals surface area contributed by atoms with Crippen LogP contribution in [0.4, 0.5) is 10.1 Å². The Bertz CT molecular complexity index is 1720. The van der Waals surface area contributed by atoms with Crippen LogP contribution in [0, 0.1) is 12.7 Å². The molecular formula is C36H40FN3O5S. The number of hydrogen-bond donors (Lipinski definition) is 1. The first-order valence-electron chi connectivity index (χ1n) is 15.1. The summed E-state index contributed by atoms with van der Waals surface area (Å²) in [5.41, 5.74) is 2.16. The molecule has 10 heteroatoms. The highest BCUT2D eigenvalue weighted by Crippen LogP contribution is 2.27. The van der Waals surface area contributed by atoms with Gasteiger partial charge in [0.05, 0.1) is 17.7 Å². The van der Waals surface area contributed by atoms with Crippen molar-refractivity contribution >= 4 is 27.5 Å². The lowest BCUT2D eigenvalue weighted by atomic mass is 10.0. The SMILES string of the molecule is CC[C@@H](C)NC(=O)[C@H](Cc1ccccc1)N(Cc1ccccc1F)C(=O)CN(c1ccc(C)cc1)S(=O)(=O)c1ccc(OC)cc1. The van der Waals surface area contributed by atoms with E-state index in [4.69, 9.17) is 4.74 Å². The number of benzene rings is 4. The largest absolute Gasteiger partial charge is 0.497 e. The Morgan fingerprint density at radius 2 is 1.52 bits per heavy atom. The second-order valence-electron chi connectivity index (χ2n) is 11.2. The number of rotatable bonds is 14. The van der Waals surface area contributed by atoms with E-state index in [2.05, 4.69) is 5.32 Å². The van der Waals surface area contributed by atoms with Gasteiger partial charge in [0.25, 0.3) is 10.0 Å². The van der Waals surface area contributed by atoms with Gasteiger partial charge in [-0.1, -0.05) is 73.2 Å². The fraction of sp³-hybridized carbons (Fsp3) is 0.278. The lowest BCUT2D eigenvalue weighted by Crippen LogP contribution is -2.54. The van der Waals surface area contributed by atoms with E-state index in [1.165, 1.54) is 42.3 Å². The van der Waals surface area contributed by atoms with Crippen molar-refractivity contribution in [1.82, 2.24) is 10.2 Å². The highest BCUT2D eigenvalue weighted by atomic mass is 32.2. The van der Waals surface area contributed by atoms with Crippen molar-refractivity contribution in [2.24, 2.45) is 0 Å². The Labute approximate surface area is 270 Å².